The number of nitrogens with one attached hydrogen (secondary N) is 1. The first-order valence-electron chi connectivity index (χ1n) is 9.90. The van der Waals surface area contributed by atoms with Crippen LogP contribution in [0.25, 0.3) is 0 Å². The van der Waals surface area contributed by atoms with Crippen LogP contribution in [0.1, 0.15) is 23.2 Å². The Morgan fingerprint density at radius 3 is 2.75 bits per heavy atom. The Hall–Kier alpha value is -1.83. The highest BCUT2D eigenvalue weighted by Gasteiger charge is 2.25. The molecule has 2 heterocycles. The molecule has 2 amide bonds. The Labute approximate surface area is 171 Å². The molecule has 2 aliphatic heterocycles. The molecule has 0 bridgehead atoms. The Morgan fingerprint density at radius 1 is 1.25 bits per heavy atom. The summed E-state index contributed by atoms with van der Waals surface area (Å²) in [6.45, 7) is 7.98. The van der Waals surface area contributed by atoms with Gasteiger partial charge in [-0.1, -0.05) is 18.2 Å². The number of benzene rings is 1. The summed E-state index contributed by atoms with van der Waals surface area (Å²) in [5.41, 5.74) is 0.766. The number of hydrogen-bond acceptors (Lipinski definition) is 5. The molecular weight excluding hydrogens is 374 g/mol. The van der Waals surface area contributed by atoms with Crippen molar-refractivity contribution in [3.05, 3.63) is 42.5 Å². The summed E-state index contributed by atoms with van der Waals surface area (Å²) in [6.07, 6.45) is 4.19. The van der Waals surface area contributed by atoms with Crippen molar-refractivity contribution >= 4 is 23.6 Å². The Kier molecular flexibility index (Phi) is 7.94. The van der Waals surface area contributed by atoms with Crippen LogP contribution in [0.5, 0.6) is 0 Å². The monoisotopic (exact) mass is 403 g/mol. The van der Waals surface area contributed by atoms with Crippen LogP contribution in [0.3, 0.4) is 0 Å². The van der Waals surface area contributed by atoms with Crippen molar-refractivity contribution < 1.29 is 14.3 Å². The summed E-state index contributed by atoms with van der Waals surface area (Å²) in [4.78, 5) is 29.9. The molecule has 6 nitrogen and oxygen atoms in total. The standard InChI is InChI=1S/C21H29N3O3S/c1-2-9-22-20(25)15-23-10-12-24(13-11-23)21(26)18-7-3-4-8-19(18)28-16-17-6-5-14-27-17/h2-4,7-8,17H,1,5-6,9-16H2,(H,22,25). The van der Waals surface area contributed by atoms with Gasteiger partial charge in [0.1, 0.15) is 0 Å². The zero-order chi connectivity index (χ0) is 19.8. The molecular formula is C21H29N3O3S. The first-order chi connectivity index (χ1) is 13.7. The molecule has 1 unspecified atom stereocenters. The maximum Gasteiger partial charge on any atom is 0.255 e. The van der Waals surface area contributed by atoms with E-state index in [0.29, 0.717) is 45.4 Å². The van der Waals surface area contributed by atoms with Crippen molar-refractivity contribution in [2.75, 3.05) is 51.6 Å². The SMILES string of the molecule is C=CCNC(=O)CN1CCN(C(=O)c2ccccc2SCC2CCCO2)CC1. The van der Waals surface area contributed by atoms with Gasteiger partial charge in [0.15, 0.2) is 0 Å². The van der Waals surface area contributed by atoms with Gasteiger partial charge in [0.05, 0.1) is 18.2 Å². The number of piperazine rings is 1. The fourth-order valence-electron chi connectivity index (χ4n) is 3.45. The topological polar surface area (TPSA) is 61.9 Å². The number of rotatable bonds is 8. The quantitative estimate of drug-likeness (QED) is 0.532. The van der Waals surface area contributed by atoms with E-state index in [1.54, 1.807) is 17.8 Å². The highest BCUT2D eigenvalue weighted by molar-refractivity contribution is 7.99. The van der Waals surface area contributed by atoms with Gasteiger partial charge in [0.2, 0.25) is 5.91 Å². The molecule has 7 heteroatoms. The van der Waals surface area contributed by atoms with Crippen molar-refractivity contribution in [1.82, 2.24) is 15.1 Å². The molecule has 1 aromatic carbocycles. The average Bonchev–Trinajstić information content (AvgIpc) is 3.25. The first-order valence-corrected chi connectivity index (χ1v) is 10.9. The minimum absolute atomic E-state index is 0.00412. The van der Waals surface area contributed by atoms with Crippen molar-refractivity contribution in [1.29, 1.82) is 0 Å². The van der Waals surface area contributed by atoms with Gasteiger partial charge < -0.3 is 15.0 Å². The van der Waals surface area contributed by atoms with Crippen LogP contribution in [0, 0.1) is 0 Å². The van der Waals surface area contributed by atoms with E-state index >= 15 is 0 Å². The van der Waals surface area contributed by atoms with E-state index in [0.717, 1.165) is 35.7 Å². The fourth-order valence-corrected chi connectivity index (χ4v) is 4.57. The van der Waals surface area contributed by atoms with Gasteiger partial charge in [-0.2, -0.15) is 0 Å². The van der Waals surface area contributed by atoms with Crippen LogP contribution >= 0.6 is 11.8 Å². The van der Waals surface area contributed by atoms with Crippen LogP contribution in [0.15, 0.2) is 41.8 Å². The van der Waals surface area contributed by atoms with E-state index in [-0.39, 0.29) is 11.8 Å². The molecule has 152 valence electrons. The predicted octanol–water partition coefficient (Wildman–Crippen LogP) is 2.02. The van der Waals surface area contributed by atoms with Gasteiger partial charge in [-0.25, -0.2) is 0 Å². The van der Waals surface area contributed by atoms with E-state index in [1.807, 2.05) is 29.2 Å². The second kappa shape index (κ2) is 10.6. The Bertz CT molecular complexity index is 683. The third-order valence-corrected chi connectivity index (χ3v) is 6.24. The third-order valence-electron chi connectivity index (χ3n) is 5.04. The molecule has 0 radical (unpaired) electrons. The number of carbonyl (C=O) groups is 2. The average molecular weight is 404 g/mol. The molecule has 0 aliphatic carbocycles. The molecule has 1 aromatic rings. The van der Waals surface area contributed by atoms with E-state index in [1.165, 1.54) is 0 Å². The molecule has 0 saturated carbocycles. The van der Waals surface area contributed by atoms with Gasteiger partial charge in [-0.05, 0) is 25.0 Å². The zero-order valence-corrected chi connectivity index (χ0v) is 17.1. The summed E-state index contributed by atoms with van der Waals surface area (Å²) in [7, 11) is 0. The maximum absolute atomic E-state index is 13.1. The number of ether oxygens (including phenoxy) is 1. The van der Waals surface area contributed by atoms with Crippen molar-refractivity contribution in [2.24, 2.45) is 0 Å². The lowest BCUT2D eigenvalue weighted by molar-refractivity contribution is -0.122. The number of nitrogens with zero attached hydrogens (tertiary/aromatic N) is 2. The van der Waals surface area contributed by atoms with E-state index < -0.39 is 0 Å². The molecule has 0 aromatic heterocycles. The molecule has 3 rings (SSSR count). The number of thioether (sulfide) groups is 1. The Morgan fingerprint density at radius 2 is 2.04 bits per heavy atom. The second-order valence-corrected chi connectivity index (χ2v) is 8.17. The van der Waals surface area contributed by atoms with Crippen molar-refractivity contribution in [3.8, 4) is 0 Å². The summed E-state index contributed by atoms with van der Waals surface area (Å²) in [5.74, 6) is 0.958. The Balaban J connectivity index is 1.52. The first kappa shape index (κ1) is 20.9. The number of carbonyl (C=O) groups excluding carboxylic acids is 2. The number of amides is 2. The highest BCUT2D eigenvalue weighted by Crippen LogP contribution is 2.27. The van der Waals surface area contributed by atoms with Crippen LogP contribution in [-0.2, 0) is 9.53 Å². The normalized spacial score (nSPS) is 20.1. The summed E-state index contributed by atoms with van der Waals surface area (Å²) < 4.78 is 5.70. The third kappa shape index (κ3) is 5.83. The van der Waals surface area contributed by atoms with E-state index in [9.17, 15) is 9.59 Å². The molecule has 2 aliphatic rings. The van der Waals surface area contributed by atoms with Crippen LogP contribution in [-0.4, -0.2) is 79.3 Å². The molecule has 2 fully saturated rings. The lowest BCUT2D eigenvalue weighted by atomic mass is 10.2. The second-order valence-electron chi connectivity index (χ2n) is 7.10. The van der Waals surface area contributed by atoms with Gasteiger partial charge >= 0.3 is 0 Å². The maximum atomic E-state index is 13.1. The summed E-state index contributed by atoms with van der Waals surface area (Å²) in [6, 6.07) is 7.83. The van der Waals surface area contributed by atoms with Crippen LogP contribution in [0.4, 0.5) is 0 Å². The molecule has 28 heavy (non-hydrogen) atoms. The van der Waals surface area contributed by atoms with Crippen LogP contribution < -0.4 is 5.32 Å². The predicted molar refractivity (Wildman–Crippen MR) is 112 cm³/mol. The fraction of sp³-hybridized carbons (Fsp3) is 0.524. The van der Waals surface area contributed by atoms with Gasteiger partial charge in [0, 0.05) is 50.0 Å². The van der Waals surface area contributed by atoms with E-state index in [2.05, 4.69) is 16.8 Å². The van der Waals surface area contributed by atoms with Gasteiger partial charge in [0.25, 0.3) is 5.91 Å². The largest absolute Gasteiger partial charge is 0.377 e. The summed E-state index contributed by atoms with van der Waals surface area (Å²) in [5, 5.41) is 2.79. The molecule has 1 N–H and O–H groups in total. The molecule has 2 saturated heterocycles. The lowest BCUT2D eigenvalue weighted by Crippen LogP contribution is -2.51. The zero-order valence-electron chi connectivity index (χ0n) is 16.3. The lowest BCUT2D eigenvalue weighted by Gasteiger charge is -2.34. The minimum atomic E-state index is -0.00412. The molecule has 1 atom stereocenters. The highest BCUT2D eigenvalue weighted by atomic mass is 32.2. The van der Waals surface area contributed by atoms with Gasteiger partial charge in [-0.15, -0.1) is 18.3 Å². The smallest absolute Gasteiger partial charge is 0.255 e. The van der Waals surface area contributed by atoms with Gasteiger partial charge in [-0.3, -0.25) is 14.5 Å². The van der Waals surface area contributed by atoms with Crippen molar-refractivity contribution in [2.45, 2.75) is 23.8 Å². The number of hydrogen-bond donors (Lipinski definition) is 1. The van der Waals surface area contributed by atoms with Crippen molar-refractivity contribution in [3.63, 3.8) is 0 Å². The minimum Gasteiger partial charge on any atom is -0.377 e. The van der Waals surface area contributed by atoms with Crippen LogP contribution in [0.2, 0.25) is 0 Å². The molecule has 0 spiro atoms. The van der Waals surface area contributed by atoms with E-state index in [4.69, 9.17) is 4.74 Å². The summed E-state index contributed by atoms with van der Waals surface area (Å²) >= 11 is 1.71.